The van der Waals surface area contributed by atoms with Crippen molar-refractivity contribution in [2.24, 2.45) is 11.8 Å². The van der Waals surface area contributed by atoms with Gasteiger partial charge in [-0.05, 0) is 30.9 Å². The molecule has 1 fully saturated rings. The topological polar surface area (TPSA) is 121 Å². The van der Waals surface area contributed by atoms with E-state index in [1.54, 1.807) is 48.6 Å². The largest absolute Gasteiger partial charge is 0.507 e. The van der Waals surface area contributed by atoms with Gasteiger partial charge in [0.1, 0.15) is 23.9 Å². The number of allylic oxidation sites excluding steroid dienone is 4. The van der Waals surface area contributed by atoms with Crippen LogP contribution in [0.25, 0.3) is 0 Å². The van der Waals surface area contributed by atoms with Crippen LogP contribution in [0.4, 0.5) is 0 Å². The number of phenols is 1. The van der Waals surface area contributed by atoms with Crippen molar-refractivity contribution < 1.29 is 34.4 Å². The van der Waals surface area contributed by atoms with Crippen LogP contribution in [0.1, 0.15) is 42.1 Å². The molecule has 2 aromatic carbocycles. The van der Waals surface area contributed by atoms with Crippen LogP contribution in [-0.2, 0) is 9.59 Å². The highest BCUT2D eigenvalue weighted by Gasteiger charge is 2.41. The average molecular weight is 481 g/mol. The van der Waals surface area contributed by atoms with Crippen LogP contribution in [0.2, 0.25) is 0 Å². The summed E-state index contributed by atoms with van der Waals surface area (Å²) in [5.74, 6) is -1.52. The summed E-state index contributed by atoms with van der Waals surface area (Å²) in [5, 5.41) is 28.7. The van der Waals surface area contributed by atoms with Gasteiger partial charge in [-0.2, -0.15) is 0 Å². The highest BCUT2D eigenvalue weighted by Crippen LogP contribution is 2.28. The van der Waals surface area contributed by atoms with Crippen LogP contribution in [-0.4, -0.2) is 52.5 Å². The van der Waals surface area contributed by atoms with E-state index in [0.29, 0.717) is 17.6 Å². The third kappa shape index (κ3) is 7.73. The molecule has 4 atom stereocenters. The second kappa shape index (κ2) is 14.0. The van der Waals surface area contributed by atoms with E-state index in [9.17, 15) is 29.7 Å². The predicted molar refractivity (Wildman–Crippen MR) is 132 cm³/mol. The molecule has 0 amide bonds. The summed E-state index contributed by atoms with van der Waals surface area (Å²) in [4.78, 5) is 34.6. The average Bonchev–Trinajstić information content (AvgIpc) is 2.87. The van der Waals surface area contributed by atoms with Crippen molar-refractivity contribution in [1.82, 2.24) is 0 Å². The van der Waals surface area contributed by atoms with Gasteiger partial charge < -0.3 is 24.9 Å². The maximum Gasteiger partial charge on any atom is 0.196 e. The Balaban J connectivity index is 0.000000247. The third-order valence-corrected chi connectivity index (χ3v) is 5.65. The number of hydrogen-bond acceptors (Lipinski definition) is 7. The molecule has 0 bridgehead atoms. The van der Waals surface area contributed by atoms with E-state index in [2.05, 4.69) is 6.92 Å². The first-order valence-corrected chi connectivity index (χ1v) is 11.5. The first kappa shape index (κ1) is 27.7. The van der Waals surface area contributed by atoms with Gasteiger partial charge in [-0.1, -0.05) is 68.0 Å². The van der Waals surface area contributed by atoms with Crippen LogP contribution in [0.5, 0.6) is 11.5 Å². The normalized spacial score (nSPS) is 22.0. The first-order valence-electron chi connectivity index (χ1n) is 11.5. The lowest BCUT2D eigenvalue weighted by atomic mass is 9.76. The Morgan fingerprint density at radius 2 is 1.83 bits per heavy atom. The number of aldehydes is 1. The molecule has 1 aliphatic carbocycles. The molecule has 3 rings (SSSR count). The number of ether oxygens (including phenoxy) is 1. The molecule has 0 saturated heterocycles. The molecule has 0 heterocycles. The maximum absolute atomic E-state index is 12.1. The Bertz CT molecular complexity index is 1040. The van der Waals surface area contributed by atoms with Gasteiger partial charge >= 0.3 is 0 Å². The van der Waals surface area contributed by atoms with Gasteiger partial charge in [0, 0.05) is 11.6 Å². The molecule has 1 aliphatic rings. The quantitative estimate of drug-likeness (QED) is 0.228. The van der Waals surface area contributed by atoms with Gasteiger partial charge in [0.2, 0.25) is 0 Å². The van der Waals surface area contributed by atoms with Crippen molar-refractivity contribution >= 4 is 17.9 Å². The van der Waals surface area contributed by atoms with Crippen LogP contribution in [0, 0.1) is 11.8 Å². The number of methoxy groups -OCH3 is 1. The third-order valence-electron chi connectivity index (χ3n) is 5.65. The number of aliphatic hydroxyl groups is 2. The summed E-state index contributed by atoms with van der Waals surface area (Å²) >= 11 is 0. The van der Waals surface area contributed by atoms with Crippen molar-refractivity contribution in [2.45, 2.75) is 38.4 Å². The van der Waals surface area contributed by atoms with Crippen LogP contribution >= 0.6 is 0 Å². The lowest BCUT2D eigenvalue weighted by molar-refractivity contribution is -0.146. The molecule has 0 aromatic heterocycles. The molecular formula is C28H32O7. The molecule has 7 heteroatoms. The molecule has 0 radical (unpaired) electrons. The Morgan fingerprint density at radius 3 is 2.43 bits per heavy atom. The second-order valence-electron chi connectivity index (χ2n) is 8.16. The van der Waals surface area contributed by atoms with Crippen LogP contribution in [0.3, 0.4) is 0 Å². The summed E-state index contributed by atoms with van der Waals surface area (Å²) in [6, 6.07) is 13.5. The number of rotatable bonds is 8. The zero-order valence-corrected chi connectivity index (χ0v) is 19.9. The number of Topliss-reactive ketones (excluding diaryl/α,β-unsaturated/α-hetero) is 1. The summed E-state index contributed by atoms with van der Waals surface area (Å²) in [5.41, 5.74) is 0.824. The number of unbranched alkanes of at least 4 members (excludes halogenated alkanes) is 1. The molecule has 35 heavy (non-hydrogen) atoms. The van der Waals surface area contributed by atoms with Gasteiger partial charge in [-0.15, -0.1) is 0 Å². The van der Waals surface area contributed by atoms with Gasteiger partial charge in [0.05, 0.1) is 24.7 Å². The summed E-state index contributed by atoms with van der Waals surface area (Å²) < 4.78 is 4.96. The number of carbonyl (C=O) groups is 3. The van der Waals surface area contributed by atoms with Gasteiger partial charge in [0.15, 0.2) is 11.6 Å². The standard InChI is InChI=1S/C14H20O4.C14H12O3/c1-2-3-4-5-6-7-10-8-12(16)14(18)13(17)11(10)9-15;1-17-11-7-8-12(13(15)9-11)14(16)10-5-3-2-4-6-10/h4-7,9-12,14,16,18H,2-3,8H2,1H3;2-9,15H,1H3. The first-order chi connectivity index (χ1) is 16.8. The lowest BCUT2D eigenvalue weighted by Gasteiger charge is -2.31. The van der Waals surface area contributed by atoms with Crippen molar-refractivity contribution in [2.75, 3.05) is 7.11 Å². The van der Waals surface area contributed by atoms with Crippen molar-refractivity contribution in [3.63, 3.8) is 0 Å². The minimum Gasteiger partial charge on any atom is -0.507 e. The smallest absolute Gasteiger partial charge is 0.196 e. The number of ketones is 2. The van der Waals surface area contributed by atoms with E-state index in [-0.39, 0.29) is 29.4 Å². The molecule has 4 unspecified atom stereocenters. The summed E-state index contributed by atoms with van der Waals surface area (Å²) in [6.07, 6.45) is 7.72. The Morgan fingerprint density at radius 1 is 1.11 bits per heavy atom. The fourth-order valence-electron chi connectivity index (χ4n) is 3.64. The predicted octanol–water partition coefficient (Wildman–Crippen LogP) is 3.66. The van der Waals surface area contributed by atoms with Crippen LogP contribution in [0.15, 0.2) is 72.8 Å². The molecule has 0 spiro atoms. The van der Waals surface area contributed by atoms with Crippen molar-refractivity contribution in [1.29, 1.82) is 0 Å². The highest BCUT2D eigenvalue weighted by molar-refractivity contribution is 6.10. The number of phenolic OH excluding ortho intramolecular Hbond substituents is 1. The minimum atomic E-state index is -1.43. The number of aliphatic hydroxyl groups excluding tert-OH is 2. The SMILES string of the molecule is CCCC=CC=CC1CC(O)C(O)C(=O)C1C=O.COc1ccc(C(=O)c2ccccc2)c(O)c1. The van der Waals surface area contributed by atoms with Crippen molar-refractivity contribution in [3.05, 3.63) is 84.0 Å². The van der Waals surface area contributed by atoms with E-state index in [1.807, 2.05) is 18.2 Å². The highest BCUT2D eigenvalue weighted by atomic mass is 16.5. The fraction of sp³-hybridized carbons (Fsp3) is 0.321. The minimum absolute atomic E-state index is 0.0711. The van der Waals surface area contributed by atoms with Gasteiger partial charge in [-0.25, -0.2) is 0 Å². The molecule has 7 nitrogen and oxygen atoms in total. The molecule has 2 aromatic rings. The van der Waals surface area contributed by atoms with E-state index < -0.39 is 23.9 Å². The summed E-state index contributed by atoms with van der Waals surface area (Å²) in [6.45, 7) is 2.08. The molecular weight excluding hydrogens is 448 g/mol. The number of benzene rings is 2. The van der Waals surface area contributed by atoms with E-state index in [4.69, 9.17) is 4.74 Å². The Labute approximate surface area is 205 Å². The van der Waals surface area contributed by atoms with E-state index in [1.165, 1.54) is 13.2 Å². The lowest BCUT2D eigenvalue weighted by Crippen LogP contribution is -2.47. The maximum atomic E-state index is 12.1. The molecule has 0 aliphatic heterocycles. The van der Waals surface area contributed by atoms with E-state index in [0.717, 1.165) is 12.8 Å². The zero-order valence-electron chi connectivity index (χ0n) is 19.9. The Hall–Kier alpha value is -3.55. The second-order valence-corrected chi connectivity index (χ2v) is 8.16. The zero-order chi connectivity index (χ0) is 25.8. The monoisotopic (exact) mass is 480 g/mol. The fourth-order valence-corrected chi connectivity index (χ4v) is 3.64. The van der Waals surface area contributed by atoms with Gasteiger partial charge in [-0.3, -0.25) is 9.59 Å². The molecule has 3 N–H and O–H groups in total. The molecule has 1 saturated carbocycles. The Kier molecular flexibility index (Phi) is 11.1. The number of hydrogen-bond donors (Lipinski definition) is 3. The van der Waals surface area contributed by atoms with Crippen LogP contribution < -0.4 is 4.74 Å². The number of aromatic hydroxyl groups is 1. The van der Waals surface area contributed by atoms with Gasteiger partial charge in [0.25, 0.3) is 0 Å². The van der Waals surface area contributed by atoms with Crippen molar-refractivity contribution in [3.8, 4) is 11.5 Å². The van der Waals surface area contributed by atoms with E-state index >= 15 is 0 Å². The molecule has 186 valence electrons. The number of carbonyl (C=O) groups excluding carboxylic acids is 3. The summed E-state index contributed by atoms with van der Waals surface area (Å²) in [7, 11) is 1.51.